The monoisotopic (exact) mass is 457 g/mol. The summed E-state index contributed by atoms with van der Waals surface area (Å²) in [6, 6.07) is 33.6. The van der Waals surface area contributed by atoms with E-state index in [0.717, 1.165) is 19.4 Å². The fourth-order valence-corrected chi connectivity index (χ4v) is 10.4. The maximum Gasteiger partial charge on any atom is 0.216 e. The van der Waals surface area contributed by atoms with Crippen LogP contribution in [0.2, 0.25) is 0 Å². The van der Waals surface area contributed by atoms with Crippen molar-refractivity contribution < 1.29 is 0 Å². The van der Waals surface area contributed by atoms with Crippen LogP contribution in [0.5, 0.6) is 0 Å². The van der Waals surface area contributed by atoms with Crippen molar-refractivity contribution in [2.24, 2.45) is 27.4 Å². The number of aliphatic imine (C=N–C) groups is 2. The minimum atomic E-state index is -1.81. The van der Waals surface area contributed by atoms with Crippen LogP contribution in [0.25, 0.3) is 0 Å². The molecule has 0 spiro atoms. The first-order valence-corrected chi connectivity index (χ1v) is 13.6. The van der Waals surface area contributed by atoms with E-state index in [1.165, 1.54) is 28.8 Å². The van der Waals surface area contributed by atoms with Gasteiger partial charge in [0.25, 0.3) is 0 Å². The first-order chi connectivity index (χ1) is 16.1. The molecule has 0 radical (unpaired) electrons. The third kappa shape index (κ3) is 5.17. The van der Waals surface area contributed by atoms with E-state index in [1.54, 1.807) is 6.92 Å². The molecule has 0 aromatic heterocycles. The Kier molecular flexibility index (Phi) is 7.57. The highest BCUT2D eigenvalue weighted by Crippen LogP contribution is 2.63. The van der Waals surface area contributed by atoms with Gasteiger partial charge in [0.2, 0.25) is 5.96 Å². The molecule has 1 aliphatic carbocycles. The Balaban J connectivity index is 1.69. The molecule has 3 aromatic rings. The largest absolute Gasteiger partial charge is 0.387 e. The molecule has 170 valence electrons. The Morgan fingerprint density at radius 1 is 0.727 bits per heavy atom. The van der Waals surface area contributed by atoms with Gasteiger partial charge in [-0.05, 0) is 74.9 Å². The number of amidine groups is 1. The Bertz CT molecular complexity index is 972. The maximum absolute atomic E-state index is 5.90. The van der Waals surface area contributed by atoms with Gasteiger partial charge in [0.05, 0.1) is 11.5 Å². The van der Waals surface area contributed by atoms with E-state index in [4.69, 9.17) is 11.5 Å². The molecule has 0 bridgehead atoms. The van der Waals surface area contributed by atoms with Gasteiger partial charge < -0.3 is 11.5 Å². The number of rotatable bonds is 6. The molecule has 4 nitrogen and oxygen atoms in total. The lowest BCUT2D eigenvalue weighted by molar-refractivity contribution is 0.371. The second-order valence-electron chi connectivity index (χ2n) is 8.86. The predicted molar refractivity (Wildman–Crippen MR) is 145 cm³/mol. The Hall–Kier alpha value is -2.97. The first-order valence-electron chi connectivity index (χ1n) is 11.8. The average molecular weight is 458 g/mol. The number of nitrogens with zero attached hydrogens (tertiary/aromatic N) is 2. The van der Waals surface area contributed by atoms with Crippen LogP contribution in [0.15, 0.2) is 101 Å². The van der Waals surface area contributed by atoms with Gasteiger partial charge in [-0.1, -0.05) is 54.6 Å². The molecule has 1 saturated carbocycles. The summed E-state index contributed by atoms with van der Waals surface area (Å²) in [5, 5.41) is 4.42. The van der Waals surface area contributed by atoms with Gasteiger partial charge in [0, 0.05) is 6.54 Å². The van der Waals surface area contributed by atoms with Gasteiger partial charge in [0.15, 0.2) is 0 Å². The Morgan fingerprint density at radius 2 is 1.15 bits per heavy atom. The molecule has 0 unspecified atom stereocenters. The summed E-state index contributed by atoms with van der Waals surface area (Å²) in [4.78, 5) is 8.55. The van der Waals surface area contributed by atoms with Crippen LogP contribution >= 0.6 is 7.26 Å². The van der Waals surface area contributed by atoms with Crippen LogP contribution < -0.4 is 27.4 Å². The van der Waals surface area contributed by atoms with Crippen molar-refractivity contribution in [2.75, 3.05) is 6.54 Å². The molecule has 0 heterocycles. The van der Waals surface area contributed by atoms with Gasteiger partial charge in [-0.2, -0.15) is 0 Å². The van der Waals surface area contributed by atoms with E-state index in [1.807, 2.05) is 0 Å². The quantitative estimate of drug-likeness (QED) is 0.330. The van der Waals surface area contributed by atoms with Crippen molar-refractivity contribution in [2.45, 2.75) is 38.3 Å². The SMILES string of the molecule is CC(N)=NC(N)=NCC1CCC([P+](c2ccccc2)(c2ccccc2)c2ccccc2)CC1. The van der Waals surface area contributed by atoms with E-state index in [-0.39, 0.29) is 5.96 Å². The summed E-state index contributed by atoms with van der Waals surface area (Å²) in [7, 11) is -1.81. The maximum atomic E-state index is 5.90. The smallest absolute Gasteiger partial charge is 0.216 e. The highest BCUT2D eigenvalue weighted by molar-refractivity contribution is 7.96. The molecule has 0 amide bonds. The molecule has 3 aromatic carbocycles. The van der Waals surface area contributed by atoms with Crippen LogP contribution in [-0.2, 0) is 0 Å². The summed E-state index contributed by atoms with van der Waals surface area (Å²) in [5.41, 5.74) is 12.1. The molecule has 0 saturated heterocycles. The second kappa shape index (κ2) is 10.8. The highest BCUT2D eigenvalue weighted by atomic mass is 31.2. The van der Waals surface area contributed by atoms with Crippen LogP contribution in [0, 0.1) is 5.92 Å². The molecule has 0 atom stereocenters. The van der Waals surface area contributed by atoms with Crippen molar-refractivity contribution in [3.63, 3.8) is 0 Å². The Morgan fingerprint density at radius 3 is 1.55 bits per heavy atom. The van der Waals surface area contributed by atoms with E-state index < -0.39 is 7.26 Å². The van der Waals surface area contributed by atoms with Crippen molar-refractivity contribution >= 4 is 35.0 Å². The van der Waals surface area contributed by atoms with E-state index in [0.29, 0.717) is 17.4 Å². The topological polar surface area (TPSA) is 76.8 Å². The number of hydrogen-bond donors (Lipinski definition) is 2. The van der Waals surface area contributed by atoms with Crippen molar-refractivity contribution in [1.29, 1.82) is 0 Å². The summed E-state index contributed by atoms with van der Waals surface area (Å²) in [6.45, 7) is 2.45. The van der Waals surface area contributed by atoms with Crippen molar-refractivity contribution in [1.82, 2.24) is 0 Å². The van der Waals surface area contributed by atoms with Crippen LogP contribution in [0.1, 0.15) is 32.6 Å². The molecule has 1 aliphatic rings. The lowest BCUT2D eigenvalue weighted by Crippen LogP contribution is -2.40. The van der Waals surface area contributed by atoms with Gasteiger partial charge in [-0.15, -0.1) is 0 Å². The second-order valence-corrected chi connectivity index (χ2v) is 12.6. The third-order valence-corrected chi connectivity index (χ3v) is 11.6. The first kappa shape index (κ1) is 23.2. The van der Waals surface area contributed by atoms with Crippen LogP contribution in [0.4, 0.5) is 0 Å². The van der Waals surface area contributed by atoms with Gasteiger partial charge in [0.1, 0.15) is 23.2 Å². The molecular weight excluding hydrogens is 423 g/mol. The zero-order valence-corrected chi connectivity index (χ0v) is 20.2. The summed E-state index contributed by atoms with van der Waals surface area (Å²) in [6.07, 6.45) is 4.68. The molecule has 0 aliphatic heterocycles. The molecular formula is C28H34N4P+. The minimum absolute atomic E-state index is 0.289. The zero-order valence-electron chi connectivity index (χ0n) is 19.3. The standard InChI is InChI=1S/C28H34N4P/c1-22(29)32-28(30)31-21-23-17-19-27(20-18-23)33(24-11-5-2-6-12-24,25-13-7-3-8-14-25)26-15-9-4-10-16-26/h2-16,23,27H,17-21H2,1H3,(H4,29,30,31,32)/q+1. The highest BCUT2D eigenvalue weighted by Gasteiger charge is 2.52. The number of hydrogen-bond acceptors (Lipinski definition) is 1. The zero-order chi connectivity index (χ0) is 23.1. The van der Waals surface area contributed by atoms with E-state index in [2.05, 4.69) is 101 Å². The van der Waals surface area contributed by atoms with Gasteiger partial charge >= 0.3 is 0 Å². The van der Waals surface area contributed by atoms with Gasteiger partial charge in [-0.3, -0.25) is 4.99 Å². The molecule has 4 rings (SSSR count). The number of guanidine groups is 1. The molecule has 4 N–H and O–H groups in total. The average Bonchev–Trinajstić information content (AvgIpc) is 2.86. The lowest BCUT2D eigenvalue weighted by atomic mass is 9.89. The fraction of sp³-hybridized carbons (Fsp3) is 0.286. The molecule has 1 fully saturated rings. The van der Waals surface area contributed by atoms with E-state index >= 15 is 0 Å². The number of benzene rings is 3. The summed E-state index contributed by atoms with van der Waals surface area (Å²) < 4.78 is 0. The predicted octanol–water partition coefficient (Wildman–Crippen LogP) is 4.23. The van der Waals surface area contributed by atoms with Crippen molar-refractivity contribution in [3.05, 3.63) is 91.0 Å². The molecule has 5 heteroatoms. The normalized spacial score (nSPS) is 19.9. The van der Waals surface area contributed by atoms with Crippen molar-refractivity contribution in [3.8, 4) is 0 Å². The van der Waals surface area contributed by atoms with E-state index in [9.17, 15) is 0 Å². The minimum Gasteiger partial charge on any atom is -0.387 e. The van der Waals surface area contributed by atoms with Crippen LogP contribution in [-0.4, -0.2) is 24.0 Å². The Labute approximate surface area is 198 Å². The molecule has 33 heavy (non-hydrogen) atoms. The van der Waals surface area contributed by atoms with Gasteiger partial charge in [-0.25, -0.2) is 4.99 Å². The third-order valence-electron chi connectivity index (χ3n) is 6.66. The van der Waals surface area contributed by atoms with Crippen LogP contribution in [0.3, 0.4) is 0 Å². The summed E-state index contributed by atoms with van der Waals surface area (Å²) in [5.74, 6) is 1.28. The fourth-order valence-electron chi connectivity index (χ4n) is 5.22. The number of nitrogens with two attached hydrogens (primary N) is 2. The summed E-state index contributed by atoms with van der Waals surface area (Å²) >= 11 is 0. The lowest BCUT2D eigenvalue weighted by Gasteiger charge is -2.38.